The molecular weight excluding hydrogens is 188 g/mol. The van der Waals surface area contributed by atoms with Gasteiger partial charge in [-0.2, -0.15) is 0 Å². The first-order chi connectivity index (χ1) is 6.49. The smallest absolute Gasteiger partial charge is 0.314 e. The van der Waals surface area contributed by atoms with Crippen LogP contribution in [0.5, 0.6) is 0 Å². The molecule has 5 heteroatoms. The van der Waals surface area contributed by atoms with E-state index in [0.717, 1.165) is 6.92 Å². The Labute approximate surface area is 82.1 Å². The van der Waals surface area contributed by atoms with Crippen molar-refractivity contribution in [3.05, 3.63) is 0 Å². The third-order valence-corrected chi connectivity index (χ3v) is 1.63. The van der Waals surface area contributed by atoms with Gasteiger partial charge in [-0.1, -0.05) is 6.92 Å². The van der Waals surface area contributed by atoms with Crippen molar-refractivity contribution in [1.29, 1.82) is 0 Å². The second-order valence-corrected chi connectivity index (χ2v) is 2.93. The molecule has 0 aromatic heterocycles. The first-order valence-corrected chi connectivity index (χ1v) is 4.38. The van der Waals surface area contributed by atoms with E-state index in [2.05, 4.69) is 4.74 Å². The number of ether oxygens (including phenoxy) is 1. The van der Waals surface area contributed by atoms with Gasteiger partial charge in [0.05, 0.1) is 13.0 Å². The van der Waals surface area contributed by atoms with Crippen LogP contribution in [0.15, 0.2) is 0 Å². The number of Topliss-reactive ketones (excluding diaryl/α,β-unsaturated/α-hetero) is 1. The summed E-state index contributed by atoms with van der Waals surface area (Å²) in [5.74, 6) is -3.74. The minimum absolute atomic E-state index is 0.253. The highest BCUT2D eigenvalue weighted by Crippen LogP contribution is 2.06. The summed E-state index contributed by atoms with van der Waals surface area (Å²) in [6, 6.07) is 0. The normalized spacial score (nSPS) is 11.9. The Morgan fingerprint density at radius 2 is 1.93 bits per heavy atom. The fraction of sp³-hybridized carbons (Fsp3) is 0.667. The molecule has 0 fully saturated rings. The lowest BCUT2D eigenvalue weighted by molar-refractivity contribution is -0.154. The van der Waals surface area contributed by atoms with Crippen molar-refractivity contribution in [2.45, 2.75) is 26.7 Å². The molecule has 0 aliphatic heterocycles. The number of carbonyl (C=O) groups is 3. The molecule has 0 bridgehead atoms. The molecular formula is C9H14O5. The fourth-order valence-electron chi connectivity index (χ4n) is 0.846. The van der Waals surface area contributed by atoms with E-state index in [9.17, 15) is 14.4 Å². The first kappa shape index (κ1) is 12.6. The van der Waals surface area contributed by atoms with Gasteiger partial charge in [-0.05, 0) is 13.3 Å². The Morgan fingerprint density at radius 3 is 2.29 bits per heavy atom. The monoisotopic (exact) mass is 202 g/mol. The number of aliphatic carboxylic acids is 1. The van der Waals surface area contributed by atoms with Crippen molar-refractivity contribution >= 4 is 17.7 Å². The zero-order valence-corrected chi connectivity index (χ0v) is 8.28. The summed E-state index contributed by atoms with van der Waals surface area (Å²) < 4.78 is 4.67. The van der Waals surface area contributed by atoms with Crippen LogP contribution in [-0.2, 0) is 19.1 Å². The van der Waals surface area contributed by atoms with Gasteiger partial charge >= 0.3 is 11.9 Å². The number of carboxylic acids is 1. The average molecular weight is 202 g/mol. The van der Waals surface area contributed by atoms with E-state index in [1.165, 1.54) is 0 Å². The van der Waals surface area contributed by atoms with Crippen molar-refractivity contribution in [2.75, 3.05) is 6.61 Å². The summed E-state index contributed by atoms with van der Waals surface area (Å²) in [5, 5.41) is 8.59. The van der Waals surface area contributed by atoms with Crippen molar-refractivity contribution in [2.24, 2.45) is 5.92 Å². The maximum atomic E-state index is 11.0. The van der Waals surface area contributed by atoms with Gasteiger partial charge in [0, 0.05) is 0 Å². The lowest BCUT2D eigenvalue weighted by atomic mass is 10.0. The summed E-state index contributed by atoms with van der Waals surface area (Å²) in [6.45, 7) is 3.22. The Morgan fingerprint density at radius 1 is 1.36 bits per heavy atom. The largest absolute Gasteiger partial charge is 0.481 e. The van der Waals surface area contributed by atoms with E-state index in [1.54, 1.807) is 0 Å². The second kappa shape index (κ2) is 6.12. The molecule has 0 aromatic carbocycles. The van der Waals surface area contributed by atoms with E-state index in [0.29, 0.717) is 6.42 Å². The van der Waals surface area contributed by atoms with Gasteiger partial charge < -0.3 is 9.84 Å². The molecule has 0 rings (SSSR count). The quantitative estimate of drug-likeness (QED) is 0.504. The molecule has 1 unspecified atom stereocenters. The third kappa shape index (κ3) is 4.59. The number of hydrogen-bond acceptors (Lipinski definition) is 4. The van der Waals surface area contributed by atoms with E-state index in [4.69, 9.17) is 5.11 Å². The van der Waals surface area contributed by atoms with Gasteiger partial charge in [-0.15, -0.1) is 0 Å². The Bertz CT molecular complexity index is 219. The number of carbonyl (C=O) groups excluding carboxylic acids is 2. The van der Waals surface area contributed by atoms with Gasteiger partial charge in [0.25, 0.3) is 0 Å². The first-order valence-electron chi connectivity index (χ1n) is 4.38. The summed E-state index contributed by atoms with van der Waals surface area (Å²) in [6.07, 6.45) is 0.286. The maximum absolute atomic E-state index is 11.0. The minimum Gasteiger partial charge on any atom is -0.481 e. The molecule has 0 aliphatic carbocycles. The van der Waals surface area contributed by atoms with Gasteiger partial charge in [-0.3, -0.25) is 14.4 Å². The van der Waals surface area contributed by atoms with Crippen LogP contribution in [0.25, 0.3) is 0 Å². The SMILES string of the molecule is CCCOC(=O)CC(C(C)=O)C(=O)O. The topological polar surface area (TPSA) is 80.7 Å². The van der Waals surface area contributed by atoms with Crippen LogP contribution in [0.2, 0.25) is 0 Å². The number of rotatable bonds is 6. The van der Waals surface area contributed by atoms with Gasteiger partial charge in [0.2, 0.25) is 0 Å². The number of esters is 1. The number of hydrogen-bond donors (Lipinski definition) is 1. The van der Waals surface area contributed by atoms with Crippen LogP contribution in [0.4, 0.5) is 0 Å². The van der Waals surface area contributed by atoms with Crippen LogP contribution in [-0.4, -0.2) is 29.4 Å². The molecule has 0 spiro atoms. The summed E-state index contributed by atoms with van der Waals surface area (Å²) >= 11 is 0. The highest BCUT2D eigenvalue weighted by Gasteiger charge is 2.26. The molecule has 0 saturated carbocycles. The Kier molecular flexibility index (Phi) is 5.52. The van der Waals surface area contributed by atoms with Crippen LogP contribution in [0.3, 0.4) is 0 Å². The van der Waals surface area contributed by atoms with Crippen LogP contribution in [0, 0.1) is 5.92 Å². The van der Waals surface area contributed by atoms with E-state index >= 15 is 0 Å². The molecule has 1 N–H and O–H groups in total. The summed E-state index contributed by atoms with van der Waals surface area (Å²) in [7, 11) is 0. The van der Waals surface area contributed by atoms with E-state index in [-0.39, 0.29) is 13.0 Å². The van der Waals surface area contributed by atoms with E-state index < -0.39 is 23.6 Å². The standard InChI is InChI=1S/C9H14O5/c1-3-4-14-8(11)5-7(6(2)10)9(12)13/h7H,3-5H2,1-2H3,(H,12,13). The number of ketones is 1. The molecule has 14 heavy (non-hydrogen) atoms. The zero-order chi connectivity index (χ0) is 11.1. The van der Waals surface area contributed by atoms with E-state index in [1.807, 2.05) is 6.92 Å². The van der Waals surface area contributed by atoms with Crippen molar-refractivity contribution in [3.63, 3.8) is 0 Å². The van der Waals surface area contributed by atoms with Crippen LogP contribution < -0.4 is 0 Å². The van der Waals surface area contributed by atoms with Crippen molar-refractivity contribution < 1.29 is 24.2 Å². The zero-order valence-electron chi connectivity index (χ0n) is 8.28. The molecule has 5 nitrogen and oxygen atoms in total. The summed E-state index contributed by atoms with van der Waals surface area (Å²) in [5.41, 5.74) is 0. The highest BCUT2D eigenvalue weighted by molar-refractivity contribution is 5.99. The minimum atomic E-state index is -1.29. The Hall–Kier alpha value is -1.39. The highest BCUT2D eigenvalue weighted by atomic mass is 16.5. The molecule has 0 amide bonds. The predicted octanol–water partition coefficient (Wildman–Crippen LogP) is 0.620. The van der Waals surface area contributed by atoms with Crippen LogP contribution >= 0.6 is 0 Å². The fourth-order valence-corrected chi connectivity index (χ4v) is 0.846. The molecule has 0 aromatic rings. The molecule has 0 heterocycles. The van der Waals surface area contributed by atoms with Gasteiger partial charge in [-0.25, -0.2) is 0 Å². The van der Waals surface area contributed by atoms with Crippen LogP contribution in [0.1, 0.15) is 26.7 Å². The molecule has 0 radical (unpaired) electrons. The van der Waals surface area contributed by atoms with Crippen molar-refractivity contribution in [3.8, 4) is 0 Å². The average Bonchev–Trinajstić information content (AvgIpc) is 2.09. The van der Waals surface area contributed by atoms with Gasteiger partial charge in [0.1, 0.15) is 11.7 Å². The lowest BCUT2D eigenvalue weighted by Crippen LogP contribution is -2.25. The predicted molar refractivity (Wildman–Crippen MR) is 47.7 cm³/mol. The van der Waals surface area contributed by atoms with Gasteiger partial charge in [0.15, 0.2) is 0 Å². The molecule has 80 valence electrons. The van der Waals surface area contributed by atoms with Crippen molar-refractivity contribution in [1.82, 2.24) is 0 Å². The lowest BCUT2D eigenvalue weighted by Gasteiger charge is -2.07. The molecule has 0 aliphatic rings. The molecule has 0 saturated heterocycles. The number of carboxylic acid groups (broad SMARTS) is 1. The maximum Gasteiger partial charge on any atom is 0.314 e. The third-order valence-electron chi connectivity index (χ3n) is 1.63. The summed E-state index contributed by atoms with van der Waals surface area (Å²) in [4.78, 5) is 32.3. The molecule has 1 atom stereocenters. The second-order valence-electron chi connectivity index (χ2n) is 2.93. The Balaban J connectivity index is 4.10.